The van der Waals surface area contributed by atoms with Gasteiger partial charge < -0.3 is 9.67 Å². The minimum absolute atomic E-state index is 0.253. The summed E-state index contributed by atoms with van der Waals surface area (Å²) in [6.07, 6.45) is 3.25. The Labute approximate surface area is 108 Å². The highest BCUT2D eigenvalue weighted by molar-refractivity contribution is 6.33. The Morgan fingerprint density at radius 2 is 2.06 bits per heavy atom. The van der Waals surface area contributed by atoms with Crippen LogP contribution in [-0.4, -0.2) is 15.6 Å². The first-order valence-corrected chi connectivity index (χ1v) is 5.65. The van der Waals surface area contributed by atoms with Gasteiger partial charge in [-0.25, -0.2) is 4.79 Å². The maximum Gasteiger partial charge on any atom is 0.337 e. The zero-order valence-corrected chi connectivity index (χ0v) is 10.2. The number of hydrogen-bond acceptors (Lipinski definition) is 1. The lowest BCUT2D eigenvalue weighted by Crippen LogP contribution is -1.98. The van der Waals surface area contributed by atoms with E-state index >= 15 is 0 Å². The number of nitrogens with zero attached hydrogens (tertiary/aromatic N) is 1. The monoisotopic (exact) mass is 269 g/mol. The summed E-state index contributed by atoms with van der Waals surface area (Å²) in [6, 6.07) is 6.75. The number of hydrogen-bond donors (Lipinski definition) is 1. The molecule has 17 heavy (non-hydrogen) atoms. The first kappa shape index (κ1) is 12.0. The van der Waals surface area contributed by atoms with Gasteiger partial charge in [0, 0.05) is 29.0 Å². The molecule has 0 saturated carbocycles. The molecule has 0 unspecified atom stereocenters. The lowest BCUT2D eigenvalue weighted by molar-refractivity contribution is 0.0697. The standard InChI is InChI=1S/C12H9Cl2NO2/c13-10-1-2-11(14)9(5-10)7-15-4-3-8(6-15)12(16)17/h1-6H,7H2,(H,16,17). The summed E-state index contributed by atoms with van der Waals surface area (Å²) in [6.45, 7) is 0.493. The molecule has 2 rings (SSSR count). The molecule has 0 radical (unpaired) electrons. The van der Waals surface area contributed by atoms with Crippen LogP contribution in [0.25, 0.3) is 0 Å². The van der Waals surface area contributed by atoms with Gasteiger partial charge in [0.2, 0.25) is 0 Å². The van der Waals surface area contributed by atoms with Crippen molar-refractivity contribution >= 4 is 29.2 Å². The molecule has 5 heteroatoms. The van der Waals surface area contributed by atoms with Gasteiger partial charge >= 0.3 is 5.97 Å². The van der Waals surface area contributed by atoms with Crippen LogP contribution < -0.4 is 0 Å². The molecule has 88 valence electrons. The summed E-state index contributed by atoms with van der Waals surface area (Å²) in [5, 5.41) is 10.0. The molecule has 0 atom stereocenters. The molecule has 0 aliphatic carbocycles. The Kier molecular flexibility index (Phi) is 3.41. The van der Waals surface area contributed by atoms with Gasteiger partial charge in [-0.1, -0.05) is 23.2 Å². The number of halogens is 2. The Morgan fingerprint density at radius 3 is 2.71 bits per heavy atom. The number of carboxylic acid groups (broad SMARTS) is 1. The van der Waals surface area contributed by atoms with Crippen LogP contribution in [0, 0.1) is 0 Å². The molecule has 1 heterocycles. The van der Waals surface area contributed by atoms with Crippen molar-refractivity contribution in [1.29, 1.82) is 0 Å². The van der Waals surface area contributed by atoms with Gasteiger partial charge in [0.15, 0.2) is 0 Å². The third kappa shape index (κ3) is 2.81. The highest BCUT2D eigenvalue weighted by Gasteiger charge is 2.06. The smallest absolute Gasteiger partial charge is 0.337 e. The largest absolute Gasteiger partial charge is 0.478 e. The van der Waals surface area contributed by atoms with E-state index in [1.807, 2.05) is 0 Å². The molecular formula is C12H9Cl2NO2. The van der Waals surface area contributed by atoms with Gasteiger partial charge in [-0.2, -0.15) is 0 Å². The molecule has 1 N–H and O–H groups in total. The van der Waals surface area contributed by atoms with Crippen LogP contribution in [0.3, 0.4) is 0 Å². The van der Waals surface area contributed by atoms with Crippen molar-refractivity contribution in [3.05, 3.63) is 57.8 Å². The number of carboxylic acids is 1. The first-order valence-electron chi connectivity index (χ1n) is 4.89. The second-order valence-electron chi connectivity index (χ2n) is 3.61. The predicted octanol–water partition coefficient (Wildman–Crippen LogP) is 3.54. The molecule has 3 nitrogen and oxygen atoms in total. The average Bonchev–Trinajstić information content (AvgIpc) is 2.72. The summed E-state index contributed by atoms with van der Waals surface area (Å²) in [7, 11) is 0. The van der Waals surface area contributed by atoms with E-state index in [0.29, 0.717) is 16.6 Å². The van der Waals surface area contributed by atoms with Crippen molar-refractivity contribution in [1.82, 2.24) is 4.57 Å². The molecule has 0 amide bonds. The molecule has 0 aliphatic heterocycles. The number of aromatic carboxylic acids is 1. The van der Waals surface area contributed by atoms with Gasteiger partial charge in [0.05, 0.1) is 5.56 Å². The Balaban J connectivity index is 2.25. The SMILES string of the molecule is O=C(O)c1ccn(Cc2cc(Cl)ccc2Cl)c1. The molecule has 0 saturated heterocycles. The highest BCUT2D eigenvalue weighted by atomic mass is 35.5. The van der Waals surface area contributed by atoms with Gasteiger partial charge in [0.25, 0.3) is 0 Å². The molecule has 0 spiro atoms. The normalized spacial score (nSPS) is 10.5. The molecule has 1 aromatic heterocycles. The van der Waals surface area contributed by atoms with E-state index in [1.54, 1.807) is 41.2 Å². The summed E-state index contributed by atoms with van der Waals surface area (Å²) < 4.78 is 1.75. The Bertz CT molecular complexity index is 563. The van der Waals surface area contributed by atoms with Gasteiger partial charge in [-0.05, 0) is 29.8 Å². The third-order valence-electron chi connectivity index (χ3n) is 2.36. The molecule has 0 aliphatic rings. The zero-order valence-electron chi connectivity index (χ0n) is 8.73. The van der Waals surface area contributed by atoms with E-state index in [0.717, 1.165) is 5.56 Å². The van der Waals surface area contributed by atoms with E-state index in [1.165, 1.54) is 0 Å². The van der Waals surface area contributed by atoms with E-state index in [2.05, 4.69) is 0 Å². The molecule has 0 fully saturated rings. The van der Waals surface area contributed by atoms with Crippen LogP contribution in [0.15, 0.2) is 36.7 Å². The molecule has 0 bridgehead atoms. The van der Waals surface area contributed by atoms with E-state index in [4.69, 9.17) is 28.3 Å². The van der Waals surface area contributed by atoms with E-state index in [-0.39, 0.29) is 5.56 Å². The minimum Gasteiger partial charge on any atom is -0.478 e. The molecule has 2 aromatic rings. The van der Waals surface area contributed by atoms with E-state index < -0.39 is 5.97 Å². The summed E-state index contributed by atoms with van der Waals surface area (Å²) in [5.41, 5.74) is 1.11. The minimum atomic E-state index is -0.944. The second-order valence-corrected chi connectivity index (χ2v) is 4.46. The number of aromatic nitrogens is 1. The maximum atomic E-state index is 10.7. The zero-order chi connectivity index (χ0) is 12.4. The van der Waals surface area contributed by atoms with Gasteiger partial charge in [-0.3, -0.25) is 0 Å². The van der Waals surface area contributed by atoms with Crippen LogP contribution in [0.2, 0.25) is 10.0 Å². The fourth-order valence-corrected chi connectivity index (χ4v) is 1.90. The summed E-state index contributed by atoms with van der Waals surface area (Å²) in [4.78, 5) is 10.7. The van der Waals surface area contributed by atoms with Gasteiger partial charge in [0.1, 0.15) is 0 Å². The molecular weight excluding hydrogens is 261 g/mol. The third-order valence-corrected chi connectivity index (χ3v) is 2.96. The van der Waals surface area contributed by atoms with Crippen molar-refractivity contribution in [3.8, 4) is 0 Å². The number of carbonyl (C=O) groups is 1. The van der Waals surface area contributed by atoms with Crippen LogP contribution >= 0.6 is 23.2 Å². The summed E-state index contributed by atoms with van der Waals surface area (Å²) in [5.74, 6) is -0.944. The van der Waals surface area contributed by atoms with Crippen LogP contribution in [0.5, 0.6) is 0 Å². The van der Waals surface area contributed by atoms with Crippen LogP contribution in [0.1, 0.15) is 15.9 Å². The van der Waals surface area contributed by atoms with Crippen molar-refractivity contribution in [3.63, 3.8) is 0 Å². The maximum absolute atomic E-state index is 10.7. The molecule has 1 aromatic carbocycles. The number of benzene rings is 1. The Hall–Kier alpha value is -1.45. The lowest BCUT2D eigenvalue weighted by atomic mass is 10.2. The lowest BCUT2D eigenvalue weighted by Gasteiger charge is -2.06. The fraction of sp³-hybridized carbons (Fsp3) is 0.0833. The predicted molar refractivity (Wildman–Crippen MR) is 67.0 cm³/mol. The van der Waals surface area contributed by atoms with Crippen molar-refractivity contribution in [2.24, 2.45) is 0 Å². The van der Waals surface area contributed by atoms with Crippen molar-refractivity contribution in [2.75, 3.05) is 0 Å². The number of rotatable bonds is 3. The fourth-order valence-electron chi connectivity index (χ4n) is 1.53. The van der Waals surface area contributed by atoms with E-state index in [9.17, 15) is 4.79 Å². The quantitative estimate of drug-likeness (QED) is 0.926. The second kappa shape index (κ2) is 4.82. The highest BCUT2D eigenvalue weighted by Crippen LogP contribution is 2.21. The average molecular weight is 270 g/mol. The van der Waals surface area contributed by atoms with Crippen LogP contribution in [0.4, 0.5) is 0 Å². The first-order chi connectivity index (χ1) is 8.06. The van der Waals surface area contributed by atoms with Gasteiger partial charge in [-0.15, -0.1) is 0 Å². The van der Waals surface area contributed by atoms with Crippen molar-refractivity contribution < 1.29 is 9.90 Å². The van der Waals surface area contributed by atoms with Crippen molar-refractivity contribution in [2.45, 2.75) is 6.54 Å². The Morgan fingerprint density at radius 1 is 1.29 bits per heavy atom. The summed E-state index contributed by atoms with van der Waals surface area (Å²) >= 11 is 11.9. The topological polar surface area (TPSA) is 42.2 Å². The van der Waals surface area contributed by atoms with Crippen LogP contribution in [-0.2, 0) is 6.54 Å².